The highest BCUT2D eigenvalue weighted by atomic mass is 15.0. The largest absolute Gasteiger partial charge is 0.306 e. The molecule has 0 atom stereocenters. The molecule has 0 unspecified atom stereocenters. The van der Waals surface area contributed by atoms with E-state index >= 15 is 0 Å². The average molecular weight is 202 g/mol. The molecule has 1 aromatic rings. The van der Waals surface area contributed by atoms with Gasteiger partial charge < -0.3 is 4.90 Å². The smallest absolute Gasteiger partial charge is 0.191 e. The minimum Gasteiger partial charge on any atom is -0.306 e. The van der Waals surface area contributed by atoms with Crippen LogP contribution < -0.4 is 0 Å². The summed E-state index contributed by atoms with van der Waals surface area (Å²) in [4.78, 5) is 5.67. The lowest BCUT2D eigenvalue weighted by Crippen LogP contribution is -2.10. The van der Waals surface area contributed by atoms with Crippen molar-refractivity contribution in [1.82, 2.24) is 4.90 Å². The summed E-state index contributed by atoms with van der Waals surface area (Å²) in [5.41, 5.74) is 3.14. The molecule has 0 aliphatic heterocycles. The van der Waals surface area contributed by atoms with Crippen molar-refractivity contribution in [2.75, 3.05) is 14.1 Å². The van der Waals surface area contributed by atoms with Crippen LogP contribution in [0.3, 0.4) is 0 Å². The van der Waals surface area contributed by atoms with Crippen LogP contribution >= 0.6 is 0 Å². The van der Waals surface area contributed by atoms with Crippen LogP contribution in [0.1, 0.15) is 30.9 Å². The first kappa shape index (κ1) is 11.7. The van der Waals surface area contributed by atoms with E-state index in [0.717, 1.165) is 17.8 Å². The molecule has 80 valence electrons. The van der Waals surface area contributed by atoms with E-state index in [1.54, 1.807) is 0 Å². The van der Waals surface area contributed by atoms with E-state index in [9.17, 15) is 0 Å². The van der Waals surface area contributed by atoms with Crippen molar-refractivity contribution in [2.24, 2.45) is 0 Å². The summed E-state index contributed by atoms with van der Waals surface area (Å²) < 4.78 is 0. The Morgan fingerprint density at radius 1 is 1.33 bits per heavy atom. The second-order valence-electron chi connectivity index (χ2n) is 4.39. The highest BCUT2D eigenvalue weighted by molar-refractivity contribution is 5.54. The molecule has 0 aliphatic rings. The van der Waals surface area contributed by atoms with Crippen LogP contribution in [-0.4, -0.2) is 19.0 Å². The van der Waals surface area contributed by atoms with Crippen LogP contribution in [0.2, 0.25) is 0 Å². The topological polar surface area (TPSA) is 7.60 Å². The number of rotatable bonds is 3. The SMILES string of the molecule is [C-]#[N+]c1cc(C(C)C)ccc1CN(C)C. The molecule has 0 fully saturated rings. The van der Waals surface area contributed by atoms with Gasteiger partial charge in [-0.15, -0.1) is 0 Å². The van der Waals surface area contributed by atoms with Gasteiger partial charge in [-0.1, -0.05) is 37.6 Å². The lowest BCUT2D eigenvalue weighted by atomic mass is 10.0. The van der Waals surface area contributed by atoms with Gasteiger partial charge in [-0.05, 0) is 25.6 Å². The molecule has 1 rings (SSSR count). The molecule has 2 heteroatoms. The standard InChI is InChI=1S/C13H18N2/c1-10(2)11-6-7-12(9-15(4)5)13(8-11)14-3/h6-8,10H,9H2,1-2,4-5H3. The van der Waals surface area contributed by atoms with E-state index in [-0.39, 0.29) is 0 Å². The summed E-state index contributed by atoms with van der Waals surface area (Å²) in [7, 11) is 4.04. The lowest BCUT2D eigenvalue weighted by molar-refractivity contribution is 0.403. The van der Waals surface area contributed by atoms with Crippen LogP contribution in [0, 0.1) is 6.57 Å². The minimum atomic E-state index is 0.485. The van der Waals surface area contributed by atoms with Crippen molar-refractivity contribution in [2.45, 2.75) is 26.3 Å². The van der Waals surface area contributed by atoms with Gasteiger partial charge >= 0.3 is 0 Å². The number of nitrogens with zero attached hydrogens (tertiary/aromatic N) is 2. The first-order valence-corrected chi connectivity index (χ1v) is 5.19. The maximum Gasteiger partial charge on any atom is 0.191 e. The number of benzene rings is 1. The van der Waals surface area contributed by atoms with E-state index in [1.165, 1.54) is 5.56 Å². The highest BCUT2D eigenvalue weighted by Gasteiger charge is 2.06. The van der Waals surface area contributed by atoms with Gasteiger partial charge in [0.25, 0.3) is 0 Å². The van der Waals surface area contributed by atoms with Gasteiger partial charge in [0.05, 0.1) is 6.57 Å². The molecule has 2 nitrogen and oxygen atoms in total. The van der Waals surface area contributed by atoms with Crippen molar-refractivity contribution in [3.05, 3.63) is 40.7 Å². The third-order valence-corrected chi connectivity index (χ3v) is 2.38. The molecule has 0 spiro atoms. The first-order valence-electron chi connectivity index (χ1n) is 5.19. The molecule has 0 saturated heterocycles. The third-order valence-electron chi connectivity index (χ3n) is 2.38. The number of hydrogen-bond acceptors (Lipinski definition) is 1. The monoisotopic (exact) mass is 202 g/mol. The zero-order valence-electron chi connectivity index (χ0n) is 9.91. The summed E-state index contributed by atoms with van der Waals surface area (Å²) in [6.45, 7) is 12.3. The van der Waals surface area contributed by atoms with Gasteiger partial charge in [-0.25, -0.2) is 4.85 Å². The molecular formula is C13H18N2. The van der Waals surface area contributed by atoms with Crippen molar-refractivity contribution >= 4 is 5.69 Å². The second kappa shape index (κ2) is 4.95. The van der Waals surface area contributed by atoms with Gasteiger partial charge in [0, 0.05) is 6.54 Å². The number of hydrogen-bond donors (Lipinski definition) is 0. The summed E-state index contributed by atoms with van der Waals surface area (Å²) in [6.07, 6.45) is 0. The van der Waals surface area contributed by atoms with Gasteiger partial charge in [-0.3, -0.25) is 0 Å². The van der Waals surface area contributed by atoms with E-state index in [0.29, 0.717) is 5.92 Å². The van der Waals surface area contributed by atoms with Gasteiger partial charge in [0.1, 0.15) is 0 Å². The Labute approximate surface area is 92.3 Å². The Hall–Kier alpha value is -1.33. The Bertz CT molecular complexity index is 373. The Morgan fingerprint density at radius 3 is 2.47 bits per heavy atom. The van der Waals surface area contributed by atoms with Crippen molar-refractivity contribution < 1.29 is 0 Å². The maximum absolute atomic E-state index is 7.17. The Morgan fingerprint density at radius 2 is 2.00 bits per heavy atom. The average Bonchev–Trinajstić information content (AvgIpc) is 2.17. The minimum absolute atomic E-state index is 0.485. The summed E-state index contributed by atoms with van der Waals surface area (Å²) in [6, 6.07) is 6.21. The van der Waals surface area contributed by atoms with Crippen molar-refractivity contribution in [1.29, 1.82) is 0 Å². The molecule has 0 amide bonds. The summed E-state index contributed by atoms with van der Waals surface area (Å²) in [5.74, 6) is 0.485. The zero-order chi connectivity index (χ0) is 11.4. The predicted molar refractivity (Wildman–Crippen MR) is 64.2 cm³/mol. The van der Waals surface area contributed by atoms with Crippen LogP contribution in [0.5, 0.6) is 0 Å². The molecule has 0 aromatic heterocycles. The molecule has 15 heavy (non-hydrogen) atoms. The maximum atomic E-state index is 7.17. The van der Waals surface area contributed by atoms with Crippen molar-refractivity contribution in [3.63, 3.8) is 0 Å². The summed E-state index contributed by atoms with van der Waals surface area (Å²) >= 11 is 0. The molecule has 0 aliphatic carbocycles. The molecule has 1 aromatic carbocycles. The van der Waals surface area contributed by atoms with E-state index in [1.807, 2.05) is 20.2 Å². The molecule has 0 radical (unpaired) electrons. The van der Waals surface area contributed by atoms with Crippen LogP contribution in [0.25, 0.3) is 4.85 Å². The first-order chi connectivity index (χ1) is 7.04. The van der Waals surface area contributed by atoms with E-state index in [2.05, 4.69) is 35.7 Å². The quantitative estimate of drug-likeness (QED) is 0.681. The van der Waals surface area contributed by atoms with Crippen LogP contribution in [0.4, 0.5) is 5.69 Å². The molecular weight excluding hydrogens is 184 g/mol. The molecule has 0 saturated carbocycles. The van der Waals surface area contributed by atoms with Crippen LogP contribution in [0.15, 0.2) is 18.2 Å². The van der Waals surface area contributed by atoms with Gasteiger partial charge in [0.15, 0.2) is 5.69 Å². The summed E-state index contributed by atoms with van der Waals surface area (Å²) in [5, 5.41) is 0. The fraction of sp³-hybridized carbons (Fsp3) is 0.462. The predicted octanol–water partition coefficient (Wildman–Crippen LogP) is 3.42. The van der Waals surface area contributed by atoms with Gasteiger partial charge in [-0.2, -0.15) is 0 Å². The fourth-order valence-corrected chi connectivity index (χ4v) is 1.52. The second-order valence-corrected chi connectivity index (χ2v) is 4.39. The highest BCUT2D eigenvalue weighted by Crippen LogP contribution is 2.25. The Balaban J connectivity index is 3.05. The lowest BCUT2D eigenvalue weighted by Gasteiger charge is -2.13. The Kier molecular flexibility index (Phi) is 3.88. The fourth-order valence-electron chi connectivity index (χ4n) is 1.52. The zero-order valence-corrected chi connectivity index (χ0v) is 9.91. The van der Waals surface area contributed by atoms with Gasteiger partial charge in [0.2, 0.25) is 0 Å². The molecule has 0 heterocycles. The third kappa shape index (κ3) is 3.07. The normalized spacial score (nSPS) is 10.7. The molecule has 0 N–H and O–H groups in total. The van der Waals surface area contributed by atoms with E-state index < -0.39 is 0 Å². The molecule has 0 bridgehead atoms. The van der Waals surface area contributed by atoms with E-state index in [4.69, 9.17) is 6.57 Å². The van der Waals surface area contributed by atoms with Crippen LogP contribution in [-0.2, 0) is 6.54 Å². The van der Waals surface area contributed by atoms with Crippen molar-refractivity contribution in [3.8, 4) is 0 Å².